The second kappa shape index (κ2) is 41.9. The molecule has 9 aromatic heterocycles. The number of benzene rings is 3. The van der Waals surface area contributed by atoms with Crippen LogP contribution in [0.4, 0.5) is 51.7 Å². The van der Waals surface area contributed by atoms with Crippen molar-refractivity contribution in [3.8, 4) is 69.0 Å². The Morgan fingerprint density at radius 3 is 0.851 bits per heavy atom. The topological polar surface area (TPSA) is 363 Å². The van der Waals surface area contributed by atoms with E-state index in [0.29, 0.717) is 73.0 Å². The van der Waals surface area contributed by atoms with Crippen molar-refractivity contribution < 1.29 is 31.9 Å². The van der Waals surface area contributed by atoms with Crippen LogP contribution in [-0.4, -0.2) is 152 Å². The molecule has 0 bridgehead atoms. The molecule has 732 valence electrons. The number of nitrogens with two attached hydrogens (primary N) is 3. The smallest absolute Gasteiger partial charge is 0.276 e. The summed E-state index contributed by atoms with van der Waals surface area (Å²) in [7, 11) is 0. The number of aryl methyl sites for hydroxylation is 3. The third kappa shape index (κ3) is 18.7. The van der Waals surface area contributed by atoms with Gasteiger partial charge in [0.25, 0.3) is 16.7 Å². The van der Waals surface area contributed by atoms with Crippen molar-refractivity contribution in [1.29, 1.82) is 15.8 Å². The maximum Gasteiger partial charge on any atom is 0.276 e. The van der Waals surface area contributed by atoms with Gasteiger partial charge in [0.1, 0.15) is 56.9 Å². The van der Waals surface area contributed by atoms with Crippen molar-refractivity contribution in [2.24, 2.45) is 0 Å². The Balaban J connectivity index is 0.000000178. The first-order valence-corrected chi connectivity index (χ1v) is 48.0. The second-order valence-corrected chi connectivity index (χ2v) is 39.6. The first kappa shape index (κ1) is 106. The van der Waals surface area contributed by atoms with E-state index in [9.17, 15) is 48.9 Å². The summed E-state index contributed by atoms with van der Waals surface area (Å²) < 4.78 is 64.6. The molecule has 3 aliphatic heterocycles. The van der Waals surface area contributed by atoms with Crippen LogP contribution in [-0.2, 0) is 14.4 Å². The molecule has 3 aromatic carbocycles. The van der Waals surface area contributed by atoms with Crippen LogP contribution in [0.3, 0.4) is 0 Å². The number of nitrogen functional groups attached to an aromatic ring is 3. The minimum absolute atomic E-state index is 0.00668. The number of piperazine rings is 3. The lowest BCUT2D eigenvalue weighted by Gasteiger charge is -2.45. The number of hydrogen-bond acceptors (Lipinski definition) is 21. The molecular weight excluding hydrogens is 2050 g/mol. The highest BCUT2D eigenvalue weighted by molar-refractivity contribution is 6.48. The standard InChI is InChI=1S/2C33H30Cl4FN7O2.C33H30Cl3F2N7O2/c2*1-7-21(46)44-16(5)12-43(13-17(44)6)31-18-10-20(34)29(22-23(35)26(38)24(36)25(37)27(22)40)42-32(18)45(33(47)19(31)11-39)30-15(4)8-9-41-28(30)14(2)3;1-7-21(46)44-16(5)12-43(13-17(44)6)31-18-10-20(34)29(22-25(37)26(38)23(35)24(36)27(22)40)42-32(18)45(33(47)19(31)11-39)30-15(4)8-9-41-28(30)14(2)3/h3*7-10,14,16-17H,1,12-13,40H2,2-6H3/t3*16-,17+. The molecule has 141 heavy (non-hydrogen) atoms. The summed E-state index contributed by atoms with van der Waals surface area (Å²) in [6, 6.07) is 14.2. The molecule has 15 rings (SSSR count). The number of hydrogen-bond donors (Lipinski definition) is 3. The number of aromatic nitrogens is 9. The lowest BCUT2D eigenvalue weighted by molar-refractivity contribution is -0.131. The van der Waals surface area contributed by atoms with E-state index in [4.69, 9.17) is 155 Å². The predicted molar refractivity (Wildman–Crippen MR) is 555 cm³/mol. The number of carbonyl (C=O) groups excluding carboxylic acids is 3. The first-order chi connectivity index (χ1) is 66.5. The molecular formula is C99H90Cl11F4N21O6. The van der Waals surface area contributed by atoms with Crippen LogP contribution >= 0.6 is 128 Å². The third-order valence-electron chi connectivity index (χ3n) is 25.0. The molecule has 0 spiro atoms. The highest BCUT2D eigenvalue weighted by atomic mass is 35.5. The average molecular weight is 2140 g/mol. The van der Waals surface area contributed by atoms with Crippen molar-refractivity contribution in [2.75, 3.05) is 71.2 Å². The summed E-state index contributed by atoms with van der Waals surface area (Å²) in [5.74, 6) is -6.04. The number of anilines is 6. The van der Waals surface area contributed by atoms with E-state index in [1.165, 1.54) is 38.0 Å². The van der Waals surface area contributed by atoms with Gasteiger partial charge in [-0.3, -0.25) is 57.4 Å². The van der Waals surface area contributed by atoms with E-state index in [1.807, 2.05) is 112 Å². The Morgan fingerprint density at radius 2 is 0.617 bits per heavy atom. The van der Waals surface area contributed by atoms with Gasteiger partial charge in [-0.15, -0.1) is 0 Å². The third-order valence-corrected chi connectivity index (χ3v) is 29.1. The molecule has 0 radical (unpaired) electrons. The number of pyridine rings is 9. The fourth-order valence-electron chi connectivity index (χ4n) is 18.9. The molecule has 12 heterocycles. The predicted octanol–water partition coefficient (Wildman–Crippen LogP) is 22.6. The minimum Gasteiger partial charge on any atom is -0.397 e. The second-order valence-electron chi connectivity index (χ2n) is 35.3. The normalized spacial score (nSPS) is 16.6. The van der Waals surface area contributed by atoms with Gasteiger partial charge in [-0.25, -0.2) is 32.5 Å². The van der Waals surface area contributed by atoms with Gasteiger partial charge in [0.2, 0.25) is 17.7 Å². The zero-order valence-corrected chi connectivity index (χ0v) is 86.7. The Bertz CT molecular complexity index is 6860. The number of carbonyl (C=O) groups is 3. The van der Waals surface area contributed by atoms with Crippen LogP contribution in [0.5, 0.6) is 0 Å². The molecule has 3 amide bonds. The van der Waals surface area contributed by atoms with Crippen molar-refractivity contribution in [3.63, 3.8) is 0 Å². The zero-order chi connectivity index (χ0) is 104. The Kier molecular flexibility index (Phi) is 31.6. The summed E-state index contributed by atoms with van der Waals surface area (Å²) >= 11 is 70.1. The fourth-order valence-corrected chi connectivity index (χ4v) is 21.4. The summed E-state index contributed by atoms with van der Waals surface area (Å²) in [4.78, 5) is 120. The number of halogens is 15. The van der Waals surface area contributed by atoms with Gasteiger partial charge in [0.15, 0.2) is 23.3 Å². The molecule has 3 aliphatic rings. The summed E-state index contributed by atoms with van der Waals surface area (Å²) in [5.41, 5.74) is 20.3. The van der Waals surface area contributed by atoms with Crippen molar-refractivity contribution in [1.82, 2.24) is 58.3 Å². The van der Waals surface area contributed by atoms with Gasteiger partial charge in [0.05, 0.1) is 141 Å². The molecule has 3 saturated heterocycles. The van der Waals surface area contributed by atoms with Gasteiger partial charge in [-0.05, 0) is 151 Å². The van der Waals surface area contributed by atoms with Crippen LogP contribution in [0.1, 0.15) is 151 Å². The maximum absolute atomic E-state index is 15.5. The van der Waals surface area contributed by atoms with Crippen LogP contribution in [0.25, 0.3) is 83.9 Å². The Labute approximate surface area is 863 Å². The van der Waals surface area contributed by atoms with Gasteiger partial charge in [-0.1, -0.05) is 189 Å². The lowest BCUT2D eigenvalue weighted by atomic mass is 10.0. The Hall–Kier alpha value is -12.0. The van der Waals surface area contributed by atoms with Crippen molar-refractivity contribution in [2.45, 2.75) is 158 Å². The van der Waals surface area contributed by atoms with Crippen LogP contribution in [0.15, 0.2) is 107 Å². The SMILES string of the molecule is C=CC(=O)N1[C@H](C)CN(c2c(C#N)c(=O)n(-c3c(C)ccnc3C(C)C)c3nc(-c4c(N)c(Cl)c(Cl)c(F)c4Cl)c(Cl)cc23)C[C@@H]1C.C=CC(=O)N1[C@H](C)CN(c2c(C#N)c(=O)n(-c3c(C)ccnc3C(C)C)c3nc(-c4c(N)c(Cl)c(Cl)c(F)c4Cl)c(Cl)cc23)C[C@@H]1C.C=CC(=O)N1[C@H](C)CN(c2c(C#N)c(=O)n(-c3c(C)ccnc3C(C)C)c3nc(-c4c(N)c(Cl)c(Cl)c(F)c4F)c(Cl)cc23)C[C@@H]1C. The number of nitrogens with zero attached hydrogens (tertiary/aromatic N) is 18. The number of fused-ring (bicyclic) bond motifs is 3. The summed E-state index contributed by atoms with van der Waals surface area (Å²) in [6.07, 6.45) is 8.65. The molecule has 0 saturated carbocycles. The molecule has 0 aliphatic carbocycles. The first-order valence-electron chi connectivity index (χ1n) is 43.9. The van der Waals surface area contributed by atoms with Crippen LogP contribution in [0, 0.1) is 78.0 Å². The monoisotopic (exact) mass is 2130 g/mol. The van der Waals surface area contributed by atoms with E-state index in [1.54, 1.807) is 70.5 Å². The quantitative estimate of drug-likeness (QED) is 0.0282. The van der Waals surface area contributed by atoms with Gasteiger partial charge in [0, 0.05) is 121 Å². The van der Waals surface area contributed by atoms with E-state index in [0.717, 1.165) is 0 Å². The lowest BCUT2D eigenvalue weighted by Crippen LogP contribution is -2.58. The molecule has 6 N–H and O–H groups in total. The number of rotatable bonds is 15. The molecule has 3 fully saturated rings. The van der Waals surface area contributed by atoms with E-state index in [2.05, 4.69) is 57.9 Å². The Morgan fingerprint density at radius 1 is 0.383 bits per heavy atom. The molecule has 27 nitrogen and oxygen atoms in total. The van der Waals surface area contributed by atoms with Gasteiger partial charge < -0.3 is 46.6 Å². The van der Waals surface area contributed by atoms with E-state index < -0.39 is 81.3 Å². The minimum atomic E-state index is -1.45. The highest BCUT2D eigenvalue weighted by Crippen LogP contribution is 2.52. The van der Waals surface area contributed by atoms with Crippen LogP contribution in [0.2, 0.25) is 55.2 Å². The average Bonchev–Trinajstić information content (AvgIpc) is 0.725. The van der Waals surface area contributed by atoms with E-state index >= 15 is 13.2 Å². The fraction of sp³-hybridized carbons (Fsp3) is 0.303. The molecule has 42 heteroatoms. The molecule has 12 aromatic rings. The van der Waals surface area contributed by atoms with Gasteiger partial charge in [-0.2, -0.15) is 15.8 Å². The molecule has 6 atom stereocenters. The maximum atomic E-state index is 15.5. The summed E-state index contributed by atoms with van der Waals surface area (Å²) in [6.45, 7) is 40.6. The van der Waals surface area contributed by atoms with Crippen molar-refractivity contribution in [3.05, 3.63) is 253 Å². The summed E-state index contributed by atoms with van der Waals surface area (Å²) in [5, 5.41) is 28.9. The largest absolute Gasteiger partial charge is 0.397 e. The highest BCUT2D eigenvalue weighted by Gasteiger charge is 2.42. The number of nitriles is 3. The van der Waals surface area contributed by atoms with Crippen molar-refractivity contribution >= 4 is 213 Å². The number of amides is 3. The van der Waals surface area contributed by atoms with E-state index in [-0.39, 0.29) is 220 Å². The zero-order valence-electron chi connectivity index (χ0n) is 78.4. The molecule has 0 unspecified atom stereocenters. The van der Waals surface area contributed by atoms with Gasteiger partial charge >= 0.3 is 0 Å². The van der Waals surface area contributed by atoms with Crippen LogP contribution < -0.4 is 48.6 Å².